The van der Waals surface area contributed by atoms with Crippen LogP contribution in [0.1, 0.15) is 19.0 Å². The zero-order chi connectivity index (χ0) is 17.6. The Hall–Kier alpha value is -2.81. The average molecular weight is 356 g/mol. The highest BCUT2D eigenvalue weighted by atomic mass is 32.2. The van der Waals surface area contributed by atoms with Crippen LogP contribution >= 0.6 is 11.8 Å². The fourth-order valence-electron chi connectivity index (χ4n) is 2.01. The van der Waals surface area contributed by atoms with Gasteiger partial charge in [0.25, 0.3) is 0 Å². The fraction of sp³-hybridized carbons (Fsp3) is 0.250. The second-order valence-corrected chi connectivity index (χ2v) is 6.46. The molecule has 0 atom stereocenters. The Morgan fingerprint density at radius 3 is 2.56 bits per heavy atom. The summed E-state index contributed by atoms with van der Waals surface area (Å²) in [7, 11) is 0. The molecule has 0 fully saturated rings. The SMILES string of the molecule is CCCNc1nc(Nc2cc(C)[nH]n2)nc(Sc2ccc(N)cc2)n1. The summed E-state index contributed by atoms with van der Waals surface area (Å²) < 4.78 is 0. The van der Waals surface area contributed by atoms with Gasteiger partial charge in [0, 0.05) is 28.9 Å². The second-order valence-electron chi connectivity index (χ2n) is 5.42. The zero-order valence-corrected chi connectivity index (χ0v) is 14.9. The summed E-state index contributed by atoms with van der Waals surface area (Å²) in [5, 5.41) is 13.9. The van der Waals surface area contributed by atoms with E-state index in [4.69, 9.17) is 5.73 Å². The molecule has 0 saturated carbocycles. The molecule has 0 unspecified atom stereocenters. The number of anilines is 4. The number of nitrogens with zero attached hydrogens (tertiary/aromatic N) is 4. The molecule has 130 valence electrons. The lowest BCUT2D eigenvalue weighted by Crippen LogP contribution is -2.08. The monoisotopic (exact) mass is 356 g/mol. The number of aryl methyl sites for hydroxylation is 1. The molecular formula is C16H20N8S. The van der Waals surface area contributed by atoms with Gasteiger partial charge in [-0.1, -0.05) is 6.92 Å². The van der Waals surface area contributed by atoms with Crippen molar-refractivity contribution in [3.8, 4) is 0 Å². The van der Waals surface area contributed by atoms with Gasteiger partial charge in [0.15, 0.2) is 11.0 Å². The molecule has 3 aromatic rings. The minimum atomic E-state index is 0.443. The van der Waals surface area contributed by atoms with Crippen molar-refractivity contribution in [1.82, 2.24) is 25.1 Å². The van der Waals surface area contributed by atoms with Gasteiger partial charge in [-0.05, 0) is 49.4 Å². The lowest BCUT2D eigenvalue weighted by molar-refractivity contribution is 0.882. The van der Waals surface area contributed by atoms with E-state index in [9.17, 15) is 0 Å². The molecule has 2 heterocycles. The molecule has 0 aliphatic rings. The minimum Gasteiger partial charge on any atom is -0.399 e. The molecule has 25 heavy (non-hydrogen) atoms. The quantitative estimate of drug-likeness (QED) is 0.477. The third kappa shape index (κ3) is 4.83. The predicted molar refractivity (Wildman–Crippen MR) is 100 cm³/mol. The summed E-state index contributed by atoms with van der Waals surface area (Å²) in [5.41, 5.74) is 7.41. The topological polar surface area (TPSA) is 117 Å². The maximum Gasteiger partial charge on any atom is 0.234 e. The predicted octanol–water partition coefficient (Wildman–Crippen LogP) is 3.20. The van der Waals surface area contributed by atoms with Crippen LogP contribution in [0, 0.1) is 6.92 Å². The molecule has 0 spiro atoms. The molecule has 0 saturated heterocycles. The Kier molecular flexibility index (Phi) is 5.34. The van der Waals surface area contributed by atoms with Crippen LogP contribution in [0.15, 0.2) is 40.4 Å². The Morgan fingerprint density at radius 2 is 1.88 bits per heavy atom. The van der Waals surface area contributed by atoms with Crippen LogP contribution in [0.25, 0.3) is 0 Å². The molecule has 0 aliphatic carbocycles. The Labute approximate surface area is 150 Å². The van der Waals surface area contributed by atoms with E-state index >= 15 is 0 Å². The number of aromatic amines is 1. The van der Waals surface area contributed by atoms with Gasteiger partial charge in [-0.15, -0.1) is 0 Å². The van der Waals surface area contributed by atoms with Crippen LogP contribution in [0.2, 0.25) is 0 Å². The first-order chi connectivity index (χ1) is 12.1. The number of nitrogen functional groups attached to an aromatic ring is 1. The molecular weight excluding hydrogens is 336 g/mol. The van der Waals surface area contributed by atoms with Crippen LogP contribution in [0.3, 0.4) is 0 Å². The van der Waals surface area contributed by atoms with Gasteiger partial charge >= 0.3 is 0 Å². The lowest BCUT2D eigenvalue weighted by atomic mass is 10.3. The lowest BCUT2D eigenvalue weighted by Gasteiger charge is -2.08. The van der Waals surface area contributed by atoms with E-state index in [-0.39, 0.29) is 0 Å². The summed E-state index contributed by atoms with van der Waals surface area (Å²) >= 11 is 1.45. The second kappa shape index (κ2) is 7.84. The molecule has 3 rings (SSSR count). The molecule has 1 aromatic carbocycles. The van der Waals surface area contributed by atoms with E-state index in [1.165, 1.54) is 11.8 Å². The smallest absolute Gasteiger partial charge is 0.234 e. The van der Waals surface area contributed by atoms with Gasteiger partial charge in [-0.25, -0.2) is 0 Å². The van der Waals surface area contributed by atoms with Gasteiger partial charge < -0.3 is 16.4 Å². The number of hydrogen-bond acceptors (Lipinski definition) is 8. The fourth-order valence-corrected chi connectivity index (χ4v) is 2.76. The van der Waals surface area contributed by atoms with E-state index in [0.717, 1.165) is 29.2 Å². The molecule has 0 aliphatic heterocycles. The van der Waals surface area contributed by atoms with E-state index in [1.807, 2.05) is 37.3 Å². The van der Waals surface area contributed by atoms with E-state index in [2.05, 4.69) is 42.7 Å². The first-order valence-corrected chi connectivity index (χ1v) is 8.76. The summed E-state index contributed by atoms with van der Waals surface area (Å²) in [5.74, 6) is 1.64. The van der Waals surface area contributed by atoms with E-state index in [1.54, 1.807) is 0 Å². The van der Waals surface area contributed by atoms with E-state index < -0.39 is 0 Å². The van der Waals surface area contributed by atoms with Crippen LogP contribution in [0.4, 0.5) is 23.4 Å². The standard InChI is InChI=1S/C16H20N8S/c1-3-8-18-14-20-15(19-13-9-10(2)23-24-13)22-16(21-14)25-12-6-4-11(17)5-7-12/h4-7,9H,3,8,17H2,1-2H3,(H3,18,19,20,21,22,23,24). The van der Waals surface area contributed by atoms with Gasteiger partial charge in [0.1, 0.15) is 0 Å². The first-order valence-electron chi connectivity index (χ1n) is 7.95. The third-order valence-electron chi connectivity index (χ3n) is 3.18. The molecule has 8 nitrogen and oxygen atoms in total. The highest BCUT2D eigenvalue weighted by molar-refractivity contribution is 7.99. The molecule has 9 heteroatoms. The van der Waals surface area contributed by atoms with Crippen LogP contribution in [-0.2, 0) is 0 Å². The maximum absolute atomic E-state index is 5.73. The number of nitrogens with two attached hydrogens (primary N) is 1. The zero-order valence-electron chi connectivity index (χ0n) is 14.1. The summed E-state index contributed by atoms with van der Waals surface area (Å²) in [6.45, 7) is 4.81. The number of aromatic nitrogens is 5. The van der Waals surface area contributed by atoms with Crippen LogP contribution < -0.4 is 16.4 Å². The molecule has 0 amide bonds. The van der Waals surface area contributed by atoms with Crippen molar-refractivity contribution >= 4 is 35.2 Å². The summed E-state index contributed by atoms with van der Waals surface area (Å²) in [6.07, 6.45) is 0.980. The number of nitrogens with one attached hydrogen (secondary N) is 3. The molecule has 2 aromatic heterocycles. The Bertz CT molecular complexity index is 830. The average Bonchev–Trinajstić information content (AvgIpc) is 3.00. The van der Waals surface area contributed by atoms with Crippen molar-refractivity contribution in [2.24, 2.45) is 0 Å². The van der Waals surface area contributed by atoms with Crippen molar-refractivity contribution in [1.29, 1.82) is 0 Å². The van der Waals surface area contributed by atoms with E-state index in [0.29, 0.717) is 22.9 Å². The van der Waals surface area contributed by atoms with Crippen molar-refractivity contribution in [3.05, 3.63) is 36.0 Å². The van der Waals surface area contributed by atoms with Gasteiger partial charge in [-0.2, -0.15) is 20.1 Å². The minimum absolute atomic E-state index is 0.443. The molecule has 0 bridgehead atoms. The Balaban J connectivity index is 1.84. The number of rotatable bonds is 7. The van der Waals surface area contributed by atoms with Crippen LogP contribution in [0.5, 0.6) is 0 Å². The number of hydrogen-bond donors (Lipinski definition) is 4. The maximum atomic E-state index is 5.73. The van der Waals surface area contributed by atoms with Crippen molar-refractivity contribution in [2.45, 2.75) is 30.3 Å². The summed E-state index contributed by atoms with van der Waals surface area (Å²) in [4.78, 5) is 14.3. The highest BCUT2D eigenvalue weighted by Gasteiger charge is 2.09. The van der Waals surface area contributed by atoms with Crippen LogP contribution in [-0.4, -0.2) is 31.7 Å². The van der Waals surface area contributed by atoms with Gasteiger partial charge in [0.05, 0.1) is 0 Å². The first kappa shape index (κ1) is 17.0. The molecule has 0 radical (unpaired) electrons. The van der Waals surface area contributed by atoms with Crippen molar-refractivity contribution in [2.75, 3.05) is 22.9 Å². The van der Waals surface area contributed by atoms with Gasteiger partial charge in [-0.3, -0.25) is 5.10 Å². The highest BCUT2D eigenvalue weighted by Crippen LogP contribution is 2.27. The number of benzene rings is 1. The van der Waals surface area contributed by atoms with Crippen molar-refractivity contribution < 1.29 is 0 Å². The normalized spacial score (nSPS) is 10.6. The van der Waals surface area contributed by atoms with Crippen molar-refractivity contribution in [3.63, 3.8) is 0 Å². The summed E-state index contributed by atoms with van der Waals surface area (Å²) in [6, 6.07) is 9.47. The third-order valence-corrected chi connectivity index (χ3v) is 4.06. The largest absolute Gasteiger partial charge is 0.399 e. The molecule has 5 N–H and O–H groups in total. The van der Waals surface area contributed by atoms with Gasteiger partial charge in [0.2, 0.25) is 11.9 Å². The number of H-pyrrole nitrogens is 1. The Morgan fingerprint density at radius 1 is 1.12 bits per heavy atom.